The molecule has 1 N–H and O–H groups in total. The van der Waals surface area contributed by atoms with Gasteiger partial charge in [-0.2, -0.15) is 0 Å². The quantitative estimate of drug-likeness (QED) is 0.763. The summed E-state index contributed by atoms with van der Waals surface area (Å²) in [5.74, 6) is 0.695. The van der Waals surface area contributed by atoms with E-state index in [-0.39, 0.29) is 6.04 Å². The second-order valence-corrected chi connectivity index (χ2v) is 5.67. The van der Waals surface area contributed by atoms with Crippen LogP contribution in [0.3, 0.4) is 0 Å². The molecule has 2 heteroatoms. The van der Waals surface area contributed by atoms with Gasteiger partial charge in [0.25, 0.3) is 0 Å². The van der Waals surface area contributed by atoms with Crippen molar-refractivity contribution in [3.05, 3.63) is 48.0 Å². The molecule has 0 aliphatic rings. The maximum Gasteiger partial charge on any atom is 0.0661 e. The molecule has 2 aromatic rings. The molecule has 0 radical (unpaired) electrons. The van der Waals surface area contributed by atoms with E-state index in [9.17, 15) is 0 Å². The number of ether oxygens (including phenoxy) is 1. The maximum absolute atomic E-state index is 5.84. The molecule has 0 saturated carbocycles. The van der Waals surface area contributed by atoms with Crippen LogP contribution in [-0.2, 0) is 4.74 Å². The number of fused-ring (bicyclic) bond motifs is 1. The van der Waals surface area contributed by atoms with Gasteiger partial charge in [0.15, 0.2) is 0 Å². The lowest BCUT2D eigenvalue weighted by Crippen LogP contribution is -2.22. The molecule has 0 bridgehead atoms. The topological polar surface area (TPSA) is 21.3 Å². The second-order valence-electron chi connectivity index (χ2n) is 5.67. The van der Waals surface area contributed by atoms with Gasteiger partial charge in [0.1, 0.15) is 0 Å². The molecule has 2 nitrogen and oxygen atoms in total. The van der Waals surface area contributed by atoms with Crippen LogP contribution < -0.4 is 5.32 Å². The van der Waals surface area contributed by atoms with Crippen molar-refractivity contribution in [3.63, 3.8) is 0 Å². The summed E-state index contributed by atoms with van der Waals surface area (Å²) < 4.78 is 5.84. The molecule has 20 heavy (non-hydrogen) atoms. The van der Waals surface area contributed by atoms with Gasteiger partial charge < -0.3 is 10.1 Å². The highest BCUT2D eigenvalue weighted by atomic mass is 16.5. The van der Waals surface area contributed by atoms with Crippen LogP contribution in [0.1, 0.15) is 31.9 Å². The van der Waals surface area contributed by atoms with E-state index >= 15 is 0 Å². The highest BCUT2D eigenvalue weighted by molar-refractivity contribution is 5.86. The molecule has 1 atom stereocenters. The molecule has 0 heterocycles. The number of hydrogen-bond donors (Lipinski definition) is 1. The van der Waals surface area contributed by atoms with Gasteiger partial charge in [-0.1, -0.05) is 56.3 Å². The molecule has 1 unspecified atom stereocenters. The van der Waals surface area contributed by atoms with E-state index in [0.29, 0.717) is 5.92 Å². The summed E-state index contributed by atoms with van der Waals surface area (Å²) in [6, 6.07) is 15.2. The summed E-state index contributed by atoms with van der Waals surface area (Å²) in [5, 5.41) is 5.97. The molecule has 2 rings (SSSR count). The van der Waals surface area contributed by atoms with Crippen LogP contribution in [0.25, 0.3) is 10.8 Å². The maximum atomic E-state index is 5.84. The Bertz CT molecular complexity index is 530. The Morgan fingerprint density at radius 2 is 1.80 bits per heavy atom. The minimum atomic E-state index is 0.244. The molecule has 0 aliphatic carbocycles. The van der Waals surface area contributed by atoms with Crippen molar-refractivity contribution in [2.45, 2.75) is 26.3 Å². The molecule has 0 fully saturated rings. The second kappa shape index (κ2) is 7.41. The van der Waals surface area contributed by atoms with Gasteiger partial charge in [0.05, 0.1) is 12.6 Å². The number of nitrogens with one attached hydrogen (secondary N) is 1. The average molecular weight is 271 g/mol. The zero-order valence-electron chi connectivity index (χ0n) is 12.7. The summed E-state index contributed by atoms with van der Waals surface area (Å²) in [6.45, 7) is 6.01. The van der Waals surface area contributed by atoms with E-state index < -0.39 is 0 Å². The predicted molar refractivity (Wildman–Crippen MR) is 86.0 cm³/mol. The summed E-state index contributed by atoms with van der Waals surface area (Å²) in [4.78, 5) is 0. The Morgan fingerprint density at radius 3 is 2.55 bits per heavy atom. The summed E-state index contributed by atoms with van der Waals surface area (Å²) in [6.07, 6.45) is 1.12. The Hall–Kier alpha value is -1.38. The largest absolute Gasteiger partial charge is 0.379 e. The fourth-order valence-corrected chi connectivity index (χ4v) is 2.40. The smallest absolute Gasteiger partial charge is 0.0661 e. The van der Waals surface area contributed by atoms with Gasteiger partial charge in [-0.3, -0.25) is 0 Å². The van der Waals surface area contributed by atoms with Gasteiger partial charge in [-0.15, -0.1) is 0 Å². The van der Waals surface area contributed by atoms with Crippen LogP contribution in [0, 0.1) is 5.92 Å². The molecule has 2 aromatic carbocycles. The minimum Gasteiger partial charge on any atom is -0.379 e. The molecule has 0 aromatic heterocycles. The SMILES string of the molecule is CNC(COCCC(C)C)c1cccc2ccccc12. The first-order chi connectivity index (χ1) is 9.72. The zero-order chi connectivity index (χ0) is 14.4. The lowest BCUT2D eigenvalue weighted by molar-refractivity contribution is 0.105. The third-order valence-corrected chi connectivity index (χ3v) is 3.67. The van der Waals surface area contributed by atoms with Crippen LogP contribution in [0.2, 0.25) is 0 Å². The minimum absolute atomic E-state index is 0.244. The van der Waals surface area contributed by atoms with Gasteiger partial charge in [-0.25, -0.2) is 0 Å². The van der Waals surface area contributed by atoms with Crippen LogP contribution in [0.15, 0.2) is 42.5 Å². The van der Waals surface area contributed by atoms with E-state index in [1.54, 1.807) is 0 Å². The van der Waals surface area contributed by atoms with Crippen LogP contribution in [-0.4, -0.2) is 20.3 Å². The van der Waals surface area contributed by atoms with E-state index in [1.165, 1.54) is 16.3 Å². The first kappa shape index (κ1) is 15.0. The molecule has 0 saturated heterocycles. The fourth-order valence-electron chi connectivity index (χ4n) is 2.40. The number of hydrogen-bond acceptors (Lipinski definition) is 2. The van der Waals surface area contributed by atoms with E-state index in [2.05, 4.69) is 61.6 Å². The molecule has 0 spiro atoms. The van der Waals surface area contributed by atoms with Gasteiger partial charge in [0, 0.05) is 6.61 Å². The van der Waals surface area contributed by atoms with Crippen molar-refractivity contribution < 1.29 is 4.74 Å². The molecular weight excluding hydrogens is 246 g/mol. The van der Waals surface area contributed by atoms with Gasteiger partial charge in [0.2, 0.25) is 0 Å². The first-order valence-corrected chi connectivity index (χ1v) is 7.45. The van der Waals surface area contributed by atoms with E-state index in [4.69, 9.17) is 4.74 Å². The van der Waals surface area contributed by atoms with Gasteiger partial charge in [-0.05, 0) is 35.7 Å². The van der Waals surface area contributed by atoms with Crippen molar-refractivity contribution in [3.8, 4) is 0 Å². The summed E-state index contributed by atoms with van der Waals surface area (Å²) >= 11 is 0. The monoisotopic (exact) mass is 271 g/mol. The van der Waals surface area contributed by atoms with Gasteiger partial charge >= 0.3 is 0 Å². The van der Waals surface area contributed by atoms with Crippen LogP contribution in [0.5, 0.6) is 0 Å². The molecule has 0 amide bonds. The average Bonchev–Trinajstić information content (AvgIpc) is 2.47. The predicted octanol–water partition coefficient (Wildman–Crippen LogP) is 4.16. The molecule has 0 aliphatic heterocycles. The van der Waals surface area contributed by atoms with Crippen LogP contribution >= 0.6 is 0 Å². The van der Waals surface area contributed by atoms with Crippen LogP contribution in [0.4, 0.5) is 0 Å². The van der Waals surface area contributed by atoms with Crippen molar-refractivity contribution in [2.75, 3.05) is 20.3 Å². The third kappa shape index (κ3) is 3.81. The Balaban J connectivity index is 2.09. The highest BCUT2D eigenvalue weighted by Crippen LogP contribution is 2.24. The molecular formula is C18H25NO. The lowest BCUT2D eigenvalue weighted by Gasteiger charge is -2.19. The zero-order valence-corrected chi connectivity index (χ0v) is 12.7. The van der Waals surface area contributed by atoms with Crippen molar-refractivity contribution in [1.82, 2.24) is 5.32 Å². The summed E-state index contributed by atoms with van der Waals surface area (Å²) in [5.41, 5.74) is 1.31. The number of likely N-dealkylation sites (N-methyl/N-ethyl adjacent to an activating group) is 1. The number of benzene rings is 2. The first-order valence-electron chi connectivity index (χ1n) is 7.45. The Morgan fingerprint density at radius 1 is 1.05 bits per heavy atom. The molecule has 108 valence electrons. The van der Waals surface area contributed by atoms with Crippen molar-refractivity contribution in [2.24, 2.45) is 5.92 Å². The Labute approximate surface area is 122 Å². The number of rotatable bonds is 7. The lowest BCUT2D eigenvalue weighted by atomic mass is 9.99. The summed E-state index contributed by atoms with van der Waals surface area (Å²) in [7, 11) is 2.00. The normalized spacial score (nSPS) is 13.0. The standard InChI is InChI=1S/C18H25NO/c1-14(2)11-12-20-13-18(19-3)17-10-6-8-15-7-4-5-9-16(15)17/h4-10,14,18-19H,11-13H2,1-3H3. The van der Waals surface area contributed by atoms with Crippen molar-refractivity contribution >= 4 is 10.8 Å². The van der Waals surface area contributed by atoms with E-state index in [1.807, 2.05) is 7.05 Å². The van der Waals surface area contributed by atoms with E-state index in [0.717, 1.165) is 19.6 Å². The highest BCUT2D eigenvalue weighted by Gasteiger charge is 2.12. The third-order valence-electron chi connectivity index (χ3n) is 3.67. The Kier molecular flexibility index (Phi) is 5.57. The van der Waals surface area contributed by atoms with Crippen molar-refractivity contribution in [1.29, 1.82) is 0 Å². The fraction of sp³-hybridized carbons (Fsp3) is 0.444.